The van der Waals surface area contributed by atoms with Crippen molar-refractivity contribution in [1.29, 1.82) is 0 Å². The first-order valence-corrected chi connectivity index (χ1v) is 7.67. The number of aryl methyl sites for hydroxylation is 1. The van der Waals surface area contributed by atoms with Gasteiger partial charge in [-0.1, -0.05) is 31.9 Å². The van der Waals surface area contributed by atoms with Gasteiger partial charge in [-0.05, 0) is 36.6 Å². The monoisotopic (exact) mass is 289 g/mol. The van der Waals surface area contributed by atoms with Gasteiger partial charge < -0.3 is 5.32 Å². The predicted octanol–water partition coefficient (Wildman–Crippen LogP) is 3.85. The van der Waals surface area contributed by atoms with E-state index < -0.39 is 0 Å². The Balaban J connectivity index is 1.91. The molecule has 21 heavy (non-hydrogen) atoms. The summed E-state index contributed by atoms with van der Waals surface area (Å²) in [6.45, 7) is 5.93. The average Bonchev–Trinajstić information content (AvgIpc) is 2.89. The van der Waals surface area contributed by atoms with E-state index in [0.717, 1.165) is 37.9 Å². The maximum atomic E-state index is 13.0. The fourth-order valence-corrected chi connectivity index (χ4v) is 2.43. The van der Waals surface area contributed by atoms with Gasteiger partial charge in [-0.3, -0.25) is 4.68 Å². The highest BCUT2D eigenvalue weighted by atomic mass is 19.1. The van der Waals surface area contributed by atoms with Gasteiger partial charge in [-0.25, -0.2) is 4.39 Å². The first-order chi connectivity index (χ1) is 10.2. The third kappa shape index (κ3) is 4.97. The third-order valence-corrected chi connectivity index (χ3v) is 3.61. The molecule has 0 fully saturated rings. The largest absolute Gasteiger partial charge is 0.308 e. The Morgan fingerprint density at radius 1 is 1.29 bits per heavy atom. The summed E-state index contributed by atoms with van der Waals surface area (Å²) in [6, 6.07) is 7.10. The van der Waals surface area contributed by atoms with Crippen molar-refractivity contribution in [3.63, 3.8) is 0 Å². The van der Waals surface area contributed by atoms with Crippen LogP contribution in [0.5, 0.6) is 0 Å². The summed E-state index contributed by atoms with van der Waals surface area (Å²) in [5, 5.41) is 7.85. The van der Waals surface area contributed by atoms with E-state index in [9.17, 15) is 4.39 Å². The van der Waals surface area contributed by atoms with Gasteiger partial charge in [0.2, 0.25) is 0 Å². The number of aromatic nitrogens is 2. The zero-order valence-electron chi connectivity index (χ0n) is 12.8. The Labute approximate surface area is 126 Å². The van der Waals surface area contributed by atoms with Gasteiger partial charge in [0.1, 0.15) is 5.82 Å². The van der Waals surface area contributed by atoms with Crippen LogP contribution in [0.25, 0.3) is 0 Å². The number of hydrogen-bond acceptors (Lipinski definition) is 2. The van der Waals surface area contributed by atoms with Gasteiger partial charge in [-0.15, -0.1) is 0 Å². The van der Waals surface area contributed by atoms with Gasteiger partial charge >= 0.3 is 0 Å². The lowest BCUT2D eigenvalue weighted by Gasteiger charge is -2.19. The molecule has 1 heterocycles. The minimum absolute atomic E-state index is 0.181. The highest BCUT2D eigenvalue weighted by molar-refractivity contribution is 5.19. The van der Waals surface area contributed by atoms with E-state index in [0.29, 0.717) is 0 Å². The second kappa shape index (κ2) is 7.93. The molecule has 2 rings (SSSR count). The molecule has 114 valence electrons. The zero-order chi connectivity index (χ0) is 15.1. The molecule has 1 unspecified atom stereocenters. The highest BCUT2D eigenvalue weighted by Gasteiger charge is 2.10. The lowest BCUT2D eigenvalue weighted by molar-refractivity contribution is 0.452. The average molecular weight is 289 g/mol. The van der Waals surface area contributed by atoms with E-state index in [4.69, 9.17) is 0 Å². The Hall–Kier alpha value is -1.68. The molecule has 0 saturated heterocycles. The number of nitrogens with zero attached hydrogens (tertiary/aromatic N) is 2. The van der Waals surface area contributed by atoms with Crippen LogP contribution in [0, 0.1) is 12.7 Å². The van der Waals surface area contributed by atoms with Crippen LogP contribution < -0.4 is 5.32 Å². The summed E-state index contributed by atoms with van der Waals surface area (Å²) >= 11 is 0. The lowest BCUT2D eigenvalue weighted by Crippen LogP contribution is -2.25. The molecule has 0 spiro atoms. The zero-order valence-corrected chi connectivity index (χ0v) is 12.8. The molecule has 1 aromatic carbocycles. The Morgan fingerprint density at radius 2 is 2.05 bits per heavy atom. The molecule has 0 aliphatic heterocycles. The third-order valence-electron chi connectivity index (χ3n) is 3.61. The van der Waals surface area contributed by atoms with Crippen LogP contribution in [0.3, 0.4) is 0 Å². The highest BCUT2D eigenvalue weighted by Crippen LogP contribution is 2.19. The van der Waals surface area contributed by atoms with Crippen molar-refractivity contribution in [1.82, 2.24) is 15.1 Å². The Bertz CT molecular complexity index is 533. The van der Waals surface area contributed by atoms with Crippen LogP contribution in [0.2, 0.25) is 0 Å². The second-order valence-corrected chi connectivity index (χ2v) is 5.48. The van der Waals surface area contributed by atoms with Crippen molar-refractivity contribution in [3.8, 4) is 0 Å². The Morgan fingerprint density at radius 3 is 2.67 bits per heavy atom. The smallest absolute Gasteiger partial charge is 0.123 e. The first kappa shape index (κ1) is 15.7. The van der Waals surface area contributed by atoms with E-state index in [1.54, 1.807) is 0 Å². The fraction of sp³-hybridized carbons (Fsp3) is 0.471. The maximum absolute atomic E-state index is 13.0. The molecule has 0 saturated carbocycles. The number of rotatable bonds is 8. The van der Waals surface area contributed by atoms with Crippen LogP contribution in [-0.4, -0.2) is 16.3 Å². The van der Waals surface area contributed by atoms with Crippen molar-refractivity contribution in [2.24, 2.45) is 0 Å². The quantitative estimate of drug-likeness (QED) is 0.800. The summed E-state index contributed by atoms with van der Waals surface area (Å²) in [4.78, 5) is 0. The van der Waals surface area contributed by atoms with Crippen molar-refractivity contribution >= 4 is 0 Å². The molecule has 1 N–H and O–H groups in total. The van der Waals surface area contributed by atoms with Crippen LogP contribution in [-0.2, 0) is 6.54 Å². The molecule has 0 bridgehead atoms. The number of halogens is 1. The Kier molecular flexibility index (Phi) is 5.93. The van der Waals surface area contributed by atoms with Crippen LogP contribution in [0.15, 0.2) is 36.7 Å². The van der Waals surface area contributed by atoms with E-state index in [2.05, 4.69) is 17.3 Å². The SMILES string of the molecule is CCCCC(NCCn1cc(C)cn1)c1ccc(F)cc1. The molecular weight excluding hydrogens is 265 g/mol. The summed E-state index contributed by atoms with van der Waals surface area (Å²) < 4.78 is 15.0. The summed E-state index contributed by atoms with van der Waals surface area (Å²) in [6.07, 6.45) is 7.31. The molecule has 2 aromatic rings. The first-order valence-electron chi connectivity index (χ1n) is 7.67. The molecule has 3 nitrogen and oxygen atoms in total. The topological polar surface area (TPSA) is 29.9 Å². The molecular formula is C17H24FN3. The summed E-state index contributed by atoms with van der Waals surface area (Å²) in [7, 11) is 0. The van der Waals surface area contributed by atoms with Gasteiger partial charge in [-0.2, -0.15) is 5.10 Å². The van der Waals surface area contributed by atoms with Crippen molar-refractivity contribution in [3.05, 3.63) is 53.6 Å². The van der Waals surface area contributed by atoms with Crippen LogP contribution in [0.4, 0.5) is 4.39 Å². The second-order valence-electron chi connectivity index (χ2n) is 5.48. The van der Waals surface area contributed by atoms with E-state index in [1.165, 1.54) is 17.7 Å². The summed E-state index contributed by atoms with van der Waals surface area (Å²) in [5.74, 6) is -0.181. The normalized spacial score (nSPS) is 12.5. The van der Waals surface area contributed by atoms with Gasteiger partial charge in [0.05, 0.1) is 12.7 Å². The van der Waals surface area contributed by atoms with Gasteiger partial charge in [0, 0.05) is 18.8 Å². The summed E-state index contributed by atoms with van der Waals surface area (Å²) in [5.41, 5.74) is 2.33. The van der Waals surface area contributed by atoms with Crippen LogP contribution >= 0.6 is 0 Å². The molecule has 1 aromatic heterocycles. The number of benzene rings is 1. The standard InChI is InChI=1S/C17H24FN3/c1-3-4-5-17(15-6-8-16(18)9-7-15)19-10-11-21-13-14(2)12-20-21/h6-9,12-13,17,19H,3-5,10-11H2,1-2H3. The number of hydrogen-bond donors (Lipinski definition) is 1. The van der Waals surface area contributed by atoms with Gasteiger partial charge in [0.15, 0.2) is 0 Å². The maximum Gasteiger partial charge on any atom is 0.123 e. The molecule has 0 radical (unpaired) electrons. The predicted molar refractivity (Wildman–Crippen MR) is 83.6 cm³/mol. The number of unbranched alkanes of at least 4 members (excludes halogenated alkanes) is 1. The van der Waals surface area contributed by atoms with Crippen molar-refractivity contribution in [2.75, 3.05) is 6.54 Å². The van der Waals surface area contributed by atoms with Gasteiger partial charge in [0.25, 0.3) is 0 Å². The molecule has 0 amide bonds. The lowest BCUT2D eigenvalue weighted by atomic mass is 10.0. The number of nitrogens with one attached hydrogen (secondary N) is 1. The molecule has 0 aliphatic rings. The van der Waals surface area contributed by atoms with E-state index in [1.807, 2.05) is 36.1 Å². The fourth-order valence-electron chi connectivity index (χ4n) is 2.43. The molecule has 4 heteroatoms. The van der Waals surface area contributed by atoms with E-state index in [-0.39, 0.29) is 11.9 Å². The minimum atomic E-state index is -0.181. The minimum Gasteiger partial charge on any atom is -0.308 e. The molecule has 1 atom stereocenters. The van der Waals surface area contributed by atoms with E-state index >= 15 is 0 Å². The van der Waals surface area contributed by atoms with Crippen LogP contribution in [0.1, 0.15) is 43.4 Å². The van der Waals surface area contributed by atoms with Crippen molar-refractivity contribution in [2.45, 2.75) is 45.7 Å². The van der Waals surface area contributed by atoms with Crippen molar-refractivity contribution < 1.29 is 4.39 Å². The molecule has 0 aliphatic carbocycles.